The maximum Gasteiger partial charge on any atom is 0.118 e. The summed E-state index contributed by atoms with van der Waals surface area (Å²) in [5.74, 6) is 0. The minimum atomic E-state index is 1.12. The lowest BCUT2D eigenvalue weighted by Crippen LogP contribution is -3.10. The zero-order valence-electron chi connectivity index (χ0n) is 10.8. The zero-order valence-corrected chi connectivity index (χ0v) is 11.6. The van der Waals surface area contributed by atoms with Gasteiger partial charge in [0.05, 0.1) is 12.2 Å². The van der Waals surface area contributed by atoms with Crippen LogP contribution in [0, 0.1) is 0 Å². The average Bonchev–Trinajstić information content (AvgIpc) is 3.05. The summed E-state index contributed by atoms with van der Waals surface area (Å²) in [4.78, 5) is 5.27. The van der Waals surface area contributed by atoms with Crippen LogP contribution in [0.1, 0.15) is 16.8 Å². The SMILES string of the molecule is c1ccc2c3c([nH]c2c1)C[NH+](Cc1ccsc1)CC3. The Hall–Kier alpha value is -1.58. The molecular formula is C16H17N2S+. The van der Waals surface area contributed by atoms with E-state index >= 15 is 0 Å². The van der Waals surface area contributed by atoms with Crippen molar-refractivity contribution < 1.29 is 4.90 Å². The Morgan fingerprint density at radius 1 is 1.21 bits per heavy atom. The number of rotatable bonds is 2. The van der Waals surface area contributed by atoms with E-state index in [4.69, 9.17) is 0 Å². The van der Waals surface area contributed by atoms with Crippen molar-refractivity contribution in [2.45, 2.75) is 19.5 Å². The van der Waals surface area contributed by atoms with E-state index < -0.39 is 0 Å². The van der Waals surface area contributed by atoms with Gasteiger partial charge in [-0.25, -0.2) is 0 Å². The first kappa shape index (κ1) is 11.3. The van der Waals surface area contributed by atoms with Gasteiger partial charge in [-0.2, -0.15) is 11.3 Å². The number of aromatic amines is 1. The molecule has 0 spiro atoms. The highest BCUT2D eigenvalue weighted by molar-refractivity contribution is 7.07. The van der Waals surface area contributed by atoms with Crippen molar-refractivity contribution in [1.82, 2.24) is 4.98 Å². The highest BCUT2D eigenvalue weighted by Gasteiger charge is 2.23. The molecular weight excluding hydrogens is 252 g/mol. The quantitative estimate of drug-likeness (QED) is 0.712. The molecule has 0 radical (unpaired) electrons. The summed E-state index contributed by atoms with van der Waals surface area (Å²) in [6.45, 7) is 3.52. The van der Waals surface area contributed by atoms with Crippen molar-refractivity contribution in [1.29, 1.82) is 0 Å². The first-order valence-electron chi connectivity index (χ1n) is 6.83. The number of hydrogen-bond acceptors (Lipinski definition) is 1. The maximum absolute atomic E-state index is 3.61. The standard InChI is InChI=1S/C16H16N2S/c1-2-4-15-13(3-1)14-5-7-18(10-16(14)17-15)9-12-6-8-19-11-12/h1-4,6,8,11,17H,5,7,9-10H2/p+1. The molecule has 0 aliphatic carbocycles. The molecule has 1 atom stereocenters. The molecule has 4 rings (SSSR count). The number of nitrogens with one attached hydrogen (secondary N) is 2. The van der Waals surface area contributed by atoms with Gasteiger partial charge in [0.15, 0.2) is 0 Å². The van der Waals surface area contributed by atoms with Crippen LogP contribution < -0.4 is 4.90 Å². The summed E-state index contributed by atoms with van der Waals surface area (Å²) in [7, 11) is 0. The molecule has 0 saturated carbocycles. The highest BCUT2D eigenvalue weighted by atomic mass is 32.1. The van der Waals surface area contributed by atoms with Gasteiger partial charge in [-0.1, -0.05) is 18.2 Å². The van der Waals surface area contributed by atoms with Crippen molar-refractivity contribution in [2.24, 2.45) is 0 Å². The minimum absolute atomic E-state index is 1.12. The van der Waals surface area contributed by atoms with Crippen LogP contribution in [0.2, 0.25) is 0 Å². The van der Waals surface area contributed by atoms with Crippen LogP contribution in [0.25, 0.3) is 10.9 Å². The summed E-state index contributed by atoms with van der Waals surface area (Å²) < 4.78 is 0. The lowest BCUT2D eigenvalue weighted by Gasteiger charge is -2.23. The Morgan fingerprint density at radius 3 is 3.05 bits per heavy atom. The van der Waals surface area contributed by atoms with Crippen molar-refractivity contribution in [3.05, 3.63) is 57.9 Å². The third-order valence-corrected chi connectivity index (χ3v) is 4.82. The Morgan fingerprint density at radius 2 is 2.16 bits per heavy atom. The van der Waals surface area contributed by atoms with E-state index in [9.17, 15) is 0 Å². The number of fused-ring (bicyclic) bond motifs is 3. The Bertz CT molecular complexity index is 697. The Labute approximate surface area is 116 Å². The minimum Gasteiger partial charge on any atom is -0.354 e. The maximum atomic E-state index is 3.61. The van der Waals surface area contributed by atoms with E-state index in [2.05, 4.69) is 46.1 Å². The van der Waals surface area contributed by atoms with Crippen molar-refractivity contribution in [3.8, 4) is 0 Å². The van der Waals surface area contributed by atoms with Gasteiger partial charge in [0.2, 0.25) is 0 Å². The van der Waals surface area contributed by atoms with Crippen LogP contribution in [-0.4, -0.2) is 11.5 Å². The van der Waals surface area contributed by atoms with Gasteiger partial charge < -0.3 is 9.88 Å². The second-order valence-corrected chi connectivity index (χ2v) is 6.14. The lowest BCUT2D eigenvalue weighted by atomic mass is 10.0. The van der Waals surface area contributed by atoms with Crippen LogP contribution in [0.4, 0.5) is 0 Å². The topological polar surface area (TPSA) is 20.2 Å². The summed E-state index contributed by atoms with van der Waals surface area (Å²) >= 11 is 1.80. The third-order valence-electron chi connectivity index (χ3n) is 4.09. The number of para-hydroxylation sites is 1. The molecule has 3 heteroatoms. The van der Waals surface area contributed by atoms with Gasteiger partial charge in [0.1, 0.15) is 13.1 Å². The number of benzene rings is 1. The van der Waals surface area contributed by atoms with Gasteiger partial charge in [0, 0.05) is 22.9 Å². The third kappa shape index (κ3) is 1.99. The van der Waals surface area contributed by atoms with Crippen LogP contribution in [0.15, 0.2) is 41.1 Å². The van der Waals surface area contributed by atoms with Gasteiger partial charge in [-0.15, -0.1) is 0 Å². The van der Waals surface area contributed by atoms with Gasteiger partial charge in [-0.05, 0) is 28.5 Å². The van der Waals surface area contributed by atoms with E-state index in [1.54, 1.807) is 21.8 Å². The normalized spacial score (nSPS) is 18.6. The number of hydrogen-bond donors (Lipinski definition) is 2. The zero-order chi connectivity index (χ0) is 12.7. The predicted molar refractivity (Wildman–Crippen MR) is 79.6 cm³/mol. The van der Waals surface area contributed by atoms with Crippen LogP contribution in [-0.2, 0) is 19.5 Å². The fraction of sp³-hybridized carbons (Fsp3) is 0.250. The van der Waals surface area contributed by atoms with Crippen molar-refractivity contribution >= 4 is 22.2 Å². The summed E-state index contributed by atoms with van der Waals surface area (Å²) in [6, 6.07) is 10.9. The largest absolute Gasteiger partial charge is 0.354 e. The molecule has 2 aromatic heterocycles. The highest BCUT2D eigenvalue weighted by Crippen LogP contribution is 2.23. The summed E-state index contributed by atoms with van der Waals surface area (Å²) in [6.07, 6.45) is 1.19. The molecule has 2 nitrogen and oxygen atoms in total. The van der Waals surface area contributed by atoms with Crippen LogP contribution in [0.5, 0.6) is 0 Å². The van der Waals surface area contributed by atoms with Crippen molar-refractivity contribution in [3.63, 3.8) is 0 Å². The molecule has 1 aliphatic rings. The molecule has 1 aromatic carbocycles. The monoisotopic (exact) mass is 269 g/mol. The van der Waals surface area contributed by atoms with E-state index in [0.29, 0.717) is 0 Å². The number of H-pyrrole nitrogens is 1. The fourth-order valence-corrected chi connectivity index (χ4v) is 3.83. The smallest absolute Gasteiger partial charge is 0.118 e. The molecule has 0 saturated heterocycles. The fourth-order valence-electron chi connectivity index (χ4n) is 3.17. The Kier molecular flexibility index (Phi) is 2.67. The van der Waals surface area contributed by atoms with E-state index in [-0.39, 0.29) is 0 Å². The van der Waals surface area contributed by atoms with E-state index in [1.165, 1.54) is 35.1 Å². The second kappa shape index (κ2) is 4.51. The number of aromatic nitrogens is 1. The number of thiophene rings is 1. The first-order chi connectivity index (χ1) is 9.40. The molecule has 3 heterocycles. The molecule has 2 N–H and O–H groups in total. The average molecular weight is 269 g/mol. The molecule has 0 fully saturated rings. The molecule has 0 amide bonds. The molecule has 1 aliphatic heterocycles. The predicted octanol–water partition coefficient (Wildman–Crippen LogP) is 2.37. The van der Waals surface area contributed by atoms with Gasteiger partial charge >= 0.3 is 0 Å². The molecule has 0 bridgehead atoms. The van der Waals surface area contributed by atoms with E-state index in [0.717, 1.165) is 13.1 Å². The molecule has 96 valence electrons. The molecule has 19 heavy (non-hydrogen) atoms. The Balaban J connectivity index is 1.63. The van der Waals surface area contributed by atoms with E-state index in [1.807, 2.05) is 0 Å². The van der Waals surface area contributed by atoms with Crippen molar-refractivity contribution in [2.75, 3.05) is 6.54 Å². The second-order valence-electron chi connectivity index (χ2n) is 5.36. The van der Waals surface area contributed by atoms with Crippen LogP contribution in [0.3, 0.4) is 0 Å². The first-order valence-corrected chi connectivity index (χ1v) is 7.77. The van der Waals surface area contributed by atoms with Gasteiger partial charge in [0.25, 0.3) is 0 Å². The summed E-state index contributed by atoms with van der Waals surface area (Å²) in [5.41, 5.74) is 5.76. The number of quaternary nitrogens is 1. The summed E-state index contributed by atoms with van der Waals surface area (Å²) in [5, 5.41) is 5.87. The van der Waals surface area contributed by atoms with Crippen LogP contribution >= 0.6 is 11.3 Å². The lowest BCUT2D eigenvalue weighted by molar-refractivity contribution is -0.929. The molecule has 3 aromatic rings. The van der Waals surface area contributed by atoms with Gasteiger partial charge in [-0.3, -0.25) is 0 Å². The molecule has 1 unspecified atom stereocenters.